The van der Waals surface area contributed by atoms with Crippen LogP contribution in [0.2, 0.25) is 0 Å². The number of hydrogen-bond donors (Lipinski definition) is 3. The summed E-state index contributed by atoms with van der Waals surface area (Å²) >= 11 is 1.52. The largest absolute Gasteiger partial charge is 0.508 e. The van der Waals surface area contributed by atoms with Gasteiger partial charge in [0.05, 0.1) is 17.2 Å². The lowest BCUT2D eigenvalue weighted by molar-refractivity contribution is -0.142. The van der Waals surface area contributed by atoms with Crippen molar-refractivity contribution in [2.24, 2.45) is 0 Å². The Labute approximate surface area is 182 Å². The molecule has 1 aromatic heterocycles. The van der Waals surface area contributed by atoms with Gasteiger partial charge in [-0.15, -0.1) is 0 Å². The van der Waals surface area contributed by atoms with Crippen LogP contribution in [0.4, 0.5) is 0 Å². The highest BCUT2D eigenvalue weighted by atomic mass is 32.2. The molecule has 162 valence electrons. The Hall–Kier alpha value is -3.33. The number of aromatic hydroxyl groups is 1. The monoisotopic (exact) mass is 441 g/mol. The zero-order valence-corrected chi connectivity index (χ0v) is 17.7. The predicted octanol–water partition coefficient (Wildman–Crippen LogP) is 2.21. The number of phenols is 1. The number of carbonyl (C=O) groups is 2. The van der Waals surface area contributed by atoms with Crippen LogP contribution in [0.15, 0.2) is 59.7 Å². The van der Waals surface area contributed by atoms with Gasteiger partial charge >= 0.3 is 5.97 Å². The third kappa shape index (κ3) is 5.43. The van der Waals surface area contributed by atoms with Gasteiger partial charge in [0.2, 0.25) is 5.91 Å². The second-order valence-electron chi connectivity index (χ2n) is 7.04. The van der Waals surface area contributed by atoms with Gasteiger partial charge in [0.25, 0.3) is 5.56 Å². The van der Waals surface area contributed by atoms with Crippen LogP contribution in [0.3, 0.4) is 0 Å². The van der Waals surface area contributed by atoms with Gasteiger partial charge in [-0.05, 0) is 48.3 Å². The summed E-state index contributed by atoms with van der Waals surface area (Å²) in [6.45, 7) is 0. The Morgan fingerprint density at radius 2 is 1.87 bits per heavy atom. The van der Waals surface area contributed by atoms with E-state index in [-0.39, 0.29) is 17.7 Å². The maximum atomic E-state index is 13.1. The molecule has 2 atom stereocenters. The molecular formula is C22H23N3O5S. The first-order chi connectivity index (χ1) is 14.9. The summed E-state index contributed by atoms with van der Waals surface area (Å²) in [7, 11) is 0. The van der Waals surface area contributed by atoms with Crippen molar-refractivity contribution in [2.45, 2.75) is 24.9 Å². The van der Waals surface area contributed by atoms with Gasteiger partial charge in [0, 0.05) is 6.42 Å². The highest BCUT2D eigenvalue weighted by Gasteiger charge is 2.27. The van der Waals surface area contributed by atoms with Gasteiger partial charge in [0.15, 0.2) is 0 Å². The molecule has 0 aliphatic heterocycles. The summed E-state index contributed by atoms with van der Waals surface area (Å²) in [5.41, 5.74) is 0.830. The first-order valence-electron chi connectivity index (χ1n) is 9.66. The average Bonchev–Trinajstić information content (AvgIpc) is 2.76. The molecule has 0 aliphatic carbocycles. The second kappa shape index (κ2) is 10.1. The van der Waals surface area contributed by atoms with E-state index in [1.807, 2.05) is 6.26 Å². The van der Waals surface area contributed by atoms with Crippen molar-refractivity contribution in [3.8, 4) is 5.75 Å². The second-order valence-corrected chi connectivity index (χ2v) is 8.03. The molecule has 3 N–H and O–H groups in total. The summed E-state index contributed by atoms with van der Waals surface area (Å²) in [4.78, 5) is 42.1. The minimum absolute atomic E-state index is 0.0431. The van der Waals surface area contributed by atoms with E-state index in [0.29, 0.717) is 28.6 Å². The van der Waals surface area contributed by atoms with Crippen LogP contribution in [0, 0.1) is 0 Å². The average molecular weight is 442 g/mol. The van der Waals surface area contributed by atoms with E-state index < -0.39 is 24.0 Å². The fourth-order valence-corrected chi connectivity index (χ4v) is 3.73. The lowest BCUT2D eigenvalue weighted by Gasteiger charge is -2.22. The van der Waals surface area contributed by atoms with E-state index in [4.69, 9.17) is 0 Å². The predicted molar refractivity (Wildman–Crippen MR) is 119 cm³/mol. The summed E-state index contributed by atoms with van der Waals surface area (Å²) < 4.78 is 1.27. The van der Waals surface area contributed by atoms with Crippen molar-refractivity contribution in [1.29, 1.82) is 0 Å². The maximum Gasteiger partial charge on any atom is 0.326 e. The van der Waals surface area contributed by atoms with Crippen molar-refractivity contribution < 1.29 is 19.8 Å². The molecule has 2 aromatic carbocycles. The molecule has 8 nitrogen and oxygen atoms in total. The highest BCUT2D eigenvalue weighted by Crippen LogP contribution is 2.16. The molecular weight excluding hydrogens is 418 g/mol. The molecule has 3 aromatic rings. The molecule has 1 heterocycles. The number of rotatable bonds is 9. The number of para-hydroxylation sites is 1. The molecule has 3 rings (SSSR count). The molecule has 1 amide bonds. The van der Waals surface area contributed by atoms with E-state index >= 15 is 0 Å². The normalized spacial score (nSPS) is 12.9. The number of nitrogens with one attached hydrogen (secondary N) is 1. The Balaban J connectivity index is 1.88. The smallest absolute Gasteiger partial charge is 0.326 e. The van der Waals surface area contributed by atoms with E-state index in [1.54, 1.807) is 36.4 Å². The summed E-state index contributed by atoms with van der Waals surface area (Å²) in [6.07, 6.45) is 3.62. The number of nitrogens with zero attached hydrogens (tertiary/aromatic N) is 2. The molecule has 0 fully saturated rings. The van der Waals surface area contributed by atoms with Gasteiger partial charge in [-0.1, -0.05) is 24.3 Å². The van der Waals surface area contributed by atoms with Crippen LogP contribution >= 0.6 is 11.8 Å². The number of hydrogen-bond acceptors (Lipinski definition) is 6. The van der Waals surface area contributed by atoms with Gasteiger partial charge in [-0.25, -0.2) is 9.78 Å². The molecule has 0 radical (unpaired) electrons. The minimum Gasteiger partial charge on any atom is -0.508 e. The van der Waals surface area contributed by atoms with E-state index in [9.17, 15) is 24.6 Å². The zero-order valence-electron chi connectivity index (χ0n) is 16.9. The van der Waals surface area contributed by atoms with Gasteiger partial charge < -0.3 is 15.5 Å². The van der Waals surface area contributed by atoms with Crippen molar-refractivity contribution in [2.75, 3.05) is 12.0 Å². The number of fused-ring (bicyclic) bond motifs is 1. The van der Waals surface area contributed by atoms with Crippen molar-refractivity contribution in [1.82, 2.24) is 14.9 Å². The number of carboxylic acids is 1. The summed E-state index contributed by atoms with van der Waals surface area (Å²) in [6, 6.07) is 10.9. The Morgan fingerprint density at radius 1 is 1.16 bits per heavy atom. The Bertz CT molecular complexity index is 1130. The van der Waals surface area contributed by atoms with Crippen LogP contribution in [-0.4, -0.2) is 49.7 Å². The number of carboxylic acid groups (broad SMARTS) is 1. The number of phenolic OH excluding ortho intramolecular Hbond substituents is 1. The number of aromatic nitrogens is 2. The van der Waals surface area contributed by atoms with E-state index in [0.717, 1.165) is 0 Å². The van der Waals surface area contributed by atoms with E-state index in [1.165, 1.54) is 34.8 Å². The molecule has 0 bridgehead atoms. The molecule has 0 aliphatic rings. The van der Waals surface area contributed by atoms with Crippen LogP contribution < -0.4 is 10.9 Å². The van der Waals surface area contributed by atoms with Gasteiger partial charge in [-0.2, -0.15) is 11.8 Å². The number of aliphatic carboxylic acids is 1. The zero-order chi connectivity index (χ0) is 22.4. The van der Waals surface area contributed by atoms with Crippen LogP contribution in [0.1, 0.15) is 18.0 Å². The van der Waals surface area contributed by atoms with Gasteiger partial charge in [-0.3, -0.25) is 14.2 Å². The fraction of sp³-hybridized carbons (Fsp3) is 0.273. The molecule has 2 unspecified atom stereocenters. The lowest BCUT2D eigenvalue weighted by atomic mass is 10.0. The van der Waals surface area contributed by atoms with Crippen molar-refractivity contribution >= 4 is 34.5 Å². The number of benzene rings is 2. The maximum absolute atomic E-state index is 13.1. The van der Waals surface area contributed by atoms with Crippen LogP contribution in [0.5, 0.6) is 5.75 Å². The van der Waals surface area contributed by atoms with E-state index in [2.05, 4.69) is 10.3 Å². The number of amides is 1. The molecule has 0 spiro atoms. The summed E-state index contributed by atoms with van der Waals surface area (Å²) in [5.74, 6) is -1.07. The SMILES string of the molecule is CSCCC(C(=O)NC(Cc1ccc(O)cc1)C(=O)O)n1cnc2ccccc2c1=O. The van der Waals surface area contributed by atoms with Crippen LogP contribution in [-0.2, 0) is 16.0 Å². The van der Waals surface area contributed by atoms with Crippen LogP contribution in [0.25, 0.3) is 10.9 Å². The first kappa shape index (κ1) is 22.4. The molecule has 0 saturated heterocycles. The first-order valence-corrected chi connectivity index (χ1v) is 11.1. The Morgan fingerprint density at radius 3 is 2.55 bits per heavy atom. The Kier molecular flexibility index (Phi) is 7.30. The molecule has 0 saturated carbocycles. The quantitative estimate of drug-likeness (QED) is 0.465. The topological polar surface area (TPSA) is 122 Å². The van der Waals surface area contributed by atoms with Crippen molar-refractivity contribution in [3.05, 3.63) is 70.8 Å². The van der Waals surface area contributed by atoms with Crippen molar-refractivity contribution in [3.63, 3.8) is 0 Å². The number of thioether (sulfide) groups is 1. The third-order valence-corrected chi connectivity index (χ3v) is 5.56. The minimum atomic E-state index is -1.19. The molecule has 31 heavy (non-hydrogen) atoms. The van der Waals surface area contributed by atoms with Gasteiger partial charge in [0.1, 0.15) is 17.8 Å². The lowest BCUT2D eigenvalue weighted by Crippen LogP contribution is -2.47. The molecule has 9 heteroatoms. The third-order valence-electron chi connectivity index (χ3n) is 4.91. The fourth-order valence-electron chi connectivity index (χ4n) is 3.27. The number of carbonyl (C=O) groups excluding carboxylic acids is 1. The highest BCUT2D eigenvalue weighted by molar-refractivity contribution is 7.98. The summed E-state index contributed by atoms with van der Waals surface area (Å²) in [5, 5.41) is 22.0. The standard InChI is InChI=1S/C22H23N3O5S/c1-31-11-10-19(25-13-23-17-5-3-2-4-16(17)21(25)28)20(27)24-18(22(29)30)12-14-6-8-15(26)9-7-14/h2-9,13,18-19,26H,10-12H2,1H3,(H,24,27)(H,29,30).